The van der Waals surface area contributed by atoms with Crippen LogP contribution in [0, 0.1) is 11.7 Å². The van der Waals surface area contributed by atoms with Gasteiger partial charge in [-0.2, -0.15) is 0 Å². The first-order valence-corrected chi connectivity index (χ1v) is 7.78. The molecule has 1 fully saturated rings. The predicted molar refractivity (Wildman–Crippen MR) is 80.3 cm³/mol. The fraction of sp³-hybridized carbons (Fsp3) is 0.625. The molecule has 0 spiro atoms. The van der Waals surface area contributed by atoms with Crippen molar-refractivity contribution in [1.29, 1.82) is 0 Å². The highest BCUT2D eigenvalue weighted by molar-refractivity contribution is 6.31. The molecule has 2 N–H and O–H groups in total. The lowest BCUT2D eigenvalue weighted by molar-refractivity contribution is -0.00881. The van der Waals surface area contributed by atoms with Gasteiger partial charge in [-0.3, -0.25) is 0 Å². The lowest BCUT2D eigenvalue weighted by Gasteiger charge is -2.36. The minimum atomic E-state index is -0.620. The summed E-state index contributed by atoms with van der Waals surface area (Å²) in [5.74, 6) is 0.362. The molecule has 1 aromatic rings. The van der Waals surface area contributed by atoms with Gasteiger partial charge in [0.1, 0.15) is 5.82 Å². The third kappa shape index (κ3) is 3.94. The van der Waals surface area contributed by atoms with Crippen molar-refractivity contribution in [2.24, 2.45) is 5.92 Å². The van der Waals surface area contributed by atoms with Crippen LogP contribution in [0.25, 0.3) is 0 Å². The molecular formula is C16H23ClFNO. The fourth-order valence-corrected chi connectivity index (χ4v) is 3.11. The molecule has 0 amide bonds. The number of benzene rings is 1. The van der Waals surface area contributed by atoms with E-state index in [1.54, 1.807) is 12.1 Å². The summed E-state index contributed by atoms with van der Waals surface area (Å²) >= 11 is 5.91. The summed E-state index contributed by atoms with van der Waals surface area (Å²) in [4.78, 5) is 0. The first-order chi connectivity index (χ1) is 9.54. The Kier molecular flexibility index (Phi) is 5.42. The molecule has 0 bridgehead atoms. The third-order valence-corrected chi connectivity index (χ3v) is 4.84. The average molecular weight is 300 g/mol. The van der Waals surface area contributed by atoms with E-state index in [0.717, 1.165) is 37.2 Å². The highest BCUT2D eigenvalue weighted by Crippen LogP contribution is 2.33. The summed E-state index contributed by atoms with van der Waals surface area (Å²) in [5.41, 5.74) is 0.114. The highest BCUT2D eigenvalue weighted by Gasteiger charge is 2.32. The quantitative estimate of drug-likeness (QED) is 0.864. The van der Waals surface area contributed by atoms with Crippen LogP contribution in [-0.2, 0) is 6.54 Å². The Morgan fingerprint density at radius 2 is 2.10 bits per heavy atom. The van der Waals surface area contributed by atoms with Crippen LogP contribution in [0.4, 0.5) is 4.39 Å². The summed E-state index contributed by atoms with van der Waals surface area (Å²) in [6.45, 7) is 3.23. The largest absolute Gasteiger partial charge is 0.389 e. The van der Waals surface area contributed by atoms with Gasteiger partial charge in [-0.25, -0.2) is 4.39 Å². The number of hydrogen-bond donors (Lipinski definition) is 2. The van der Waals surface area contributed by atoms with Gasteiger partial charge < -0.3 is 10.4 Å². The van der Waals surface area contributed by atoms with Crippen molar-refractivity contribution in [2.75, 3.05) is 6.54 Å². The Morgan fingerprint density at radius 1 is 1.40 bits per heavy atom. The molecule has 1 aromatic carbocycles. The van der Waals surface area contributed by atoms with Gasteiger partial charge in [0.25, 0.3) is 0 Å². The van der Waals surface area contributed by atoms with Gasteiger partial charge in [0, 0.05) is 13.1 Å². The predicted octanol–water partition coefficient (Wildman–Crippen LogP) is 3.90. The molecule has 2 rings (SSSR count). The van der Waals surface area contributed by atoms with Crippen LogP contribution < -0.4 is 5.32 Å². The maximum atomic E-state index is 13.3. The summed E-state index contributed by atoms with van der Waals surface area (Å²) in [5, 5.41) is 13.9. The molecule has 1 aliphatic rings. The van der Waals surface area contributed by atoms with E-state index >= 15 is 0 Å². The van der Waals surface area contributed by atoms with E-state index in [-0.39, 0.29) is 5.02 Å². The van der Waals surface area contributed by atoms with E-state index in [0.29, 0.717) is 13.1 Å². The van der Waals surface area contributed by atoms with Crippen molar-refractivity contribution in [1.82, 2.24) is 5.32 Å². The van der Waals surface area contributed by atoms with Crippen molar-refractivity contribution in [2.45, 2.75) is 51.2 Å². The van der Waals surface area contributed by atoms with E-state index in [2.05, 4.69) is 12.2 Å². The van der Waals surface area contributed by atoms with Gasteiger partial charge in [0.15, 0.2) is 0 Å². The molecule has 0 atom stereocenters. The molecule has 20 heavy (non-hydrogen) atoms. The topological polar surface area (TPSA) is 32.3 Å². The van der Waals surface area contributed by atoms with Crippen LogP contribution >= 0.6 is 11.6 Å². The zero-order chi connectivity index (χ0) is 14.6. The minimum absolute atomic E-state index is 0.168. The SMILES string of the molecule is CCC1CCC(O)(CNCc2cccc(F)c2Cl)CC1. The third-order valence-electron chi connectivity index (χ3n) is 4.41. The monoisotopic (exact) mass is 299 g/mol. The molecule has 0 saturated heterocycles. The maximum absolute atomic E-state index is 13.3. The molecule has 0 aromatic heterocycles. The molecular weight excluding hydrogens is 277 g/mol. The molecule has 0 heterocycles. The maximum Gasteiger partial charge on any atom is 0.142 e. The number of nitrogens with one attached hydrogen (secondary N) is 1. The Bertz CT molecular complexity index is 444. The second-order valence-corrected chi connectivity index (χ2v) is 6.27. The fourth-order valence-electron chi connectivity index (χ4n) is 2.91. The normalized spacial score (nSPS) is 26.7. The van der Waals surface area contributed by atoms with Gasteiger partial charge in [-0.05, 0) is 43.2 Å². The molecule has 0 unspecified atom stereocenters. The van der Waals surface area contributed by atoms with E-state index in [9.17, 15) is 9.50 Å². The lowest BCUT2D eigenvalue weighted by Crippen LogP contribution is -2.43. The van der Waals surface area contributed by atoms with Crippen LogP contribution in [0.15, 0.2) is 18.2 Å². The number of rotatable bonds is 5. The lowest BCUT2D eigenvalue weighted by atomic mass is 9.78. The van der Waals surface area contributed by atoms with Gasteiger partial charge in [-0.15, -0.1) is 0 Å². The number of hydrogen-bond acceptors (Lipinski definition) is 2. The summed E-state index contributed by atoms with van der Waals surface area (Å²) in [7, 11) is 0. The molecule has 2 nitrogen and oxygen atoms in total. The van der Waals surface area contributed by atoms with Crippen LogP contribution in [0.1, 0.15) is 44.6 Å². The summed E-state index contributed by atoms with van der Waals surface area (Å²) < 4.78 is 13.3. The van der Waals surface area contributed by atoms with Gasteiger partial charge >= 0.3 is 0 Å². The molecule has 0 aliphatic heterocycles. The van der Waals surface area contributed by atoms with Crippen LogP contribution in [0.5, 0.6) is 0 Å². The second-order valence-electron chi connectivity index (χ2n) is 5.89. The van der Waals surface area contributed by atoms with Crippen molar-refractivity contribution in [3.8, 4) is 0 Å². The van der Waals surface area contributed by atoms with E-state index < -0.39 is 11.4 Å². The standard InChI is InChI=1S/C16H23ClFNO/c1-2-12-6-8-16(20,9-7-12)11-19-10-13-4-3-5-14(18)15(13)17/h3-5,12,19-20H,2,6-11H2,1H3. The number of halogens is 2. The Balaban J connectivity index is 1.82. The molecule has 1 saturated carbocycles. The van der Waals surface area contributed by atoms with Crippen molar-refractivity contribution in [3.05, 3.63) is 34.6 Å². The second kappa shape index (κ2) is 6.88. The van der Waals surface area contributed by atoms with Gasteiger partial charge in [-0.1, -0.05) is 37.1 Å². The van der Waals surface area contributed by atoms with E-state index in [1.165, 1.54) is 12.5 Å². The zero-order valence-corrected chi connectivity index (χ0v) is 12.7. The Hall–Kier alpha value is -0.640. The smallest absolute Gasteiger partial charge is 0.142 e. The van der Waals surface area contributed by atoms with Gasteiger partial charge in [0.05, 0.1) is 10.6 Å². The highest BCUT2D eigenvalue weighted by atomic mass is 35.5. The Morgan fingerprint density at radius 3 is 2.75 bits per heavy atom. The number of aliphatic hydroxyl groups is 1. The Labute approximate surface area is 125 Å². The van der Waals surface area contributed by atoms with E-state index in [4.69, 9.17) is 11.6 Å². The summed E-state index contributed by atoms with van der Waals surface area (Å²) in [6, 6.07) is 4.81. The van der Waals surface area contributed by atoms with Crippen LogP contribution in [-0.4, -0.2) is 17.3 Å². The molecule has 1 aliphatic carbocycles. The average Bonchev–Trinajstić information content (AvgIpc) is 2.44. The first-order valence-electron chi connectivity index (χ1n) is 7.40. The van der Waals surface area contributed by atoms with E-state index in [1.807, 2.05) is 0 Å². The molecule has 0 radical (unpaired) electrons. The van der Waals surface area contributed by atoms with Crippen molar-refractivity contribution in [3.63, 3.8) is 0 Å². The molecule has 4 heteroatoms. The molecule has 112 valence electrons. The van der Waals surface area contributed by atoms with Crippen molar-refractivity contribution >= 4 is 11.6 Å². The van der Waals surface area contributed by atoms with Gasteiger partial charge in [0.2, 0.25) is 0 Å². The zero-order valence-electron chi connectivity index (χ0n) is 12.0. The van der Waals surface area contributed by atoms with Crippen molar-refractivity contribution < 1.29 is 9.50 Å². The minimum Gasteiger partial charge on any atom is -0.389 e. The first kappa shape index (κ1) is 15.7. The summed E-state index contributed by atoms with van der Waals surface area (Å²) in [6.07, 6.45) is 5.07. The van der Waals surface area contributed by atoms with Crippen LogP contribution in [0.3, 0.4) is 0 Å². The van der Waals surface area contributed by atoms with Crippen LogP contribution in [0.2, 0.25) is 5.02 Å².